The summed E-state index contributed by atoms with van der Waals surface area (Å²) in [5.74, 6) is 0. The molecule has 0 aliphatic rings. The van der Waals surface area contributed by atoms with Crippen molar-refractivity contribution in [3.05, 3.63) is 52.0 Å². The average molecular weight is 219 g/mol. The number of aliphatic hydroxyl groups is 1. The van der Waals surface area contributed by atoms with Crippen molar-refractivity contribution in [2.45, 2.75) is 19.4 Å². The summed E-state index contributed by atoms with van der Waals surface area (Å²) >= 11 is 1.66. The fourth-order valence-electron chi connectivity index (χ4n) is 1.56. The second kappa shape index (κ2) is 4.55. The minimum Gasteiger partial charge on any atom is -0.386 e. The molecule has 0 spiro atoms. The SMILES string of the molecule is Cc1cccnc1C(O)Cc1cccs1. The Labute approximate surface area is 93.2 Å². The molecule has 15 heavy (non-hydrogen) atoms. The summed E-state index contributed by atoms with van der Waals surface area (Å²) in [6.07, 6.45) is 1.88. The quantitative estimate of drug-likeness (QED) is 0.861. The lowest BCUT2D eigenvalue weighted by molar-refractivity contribution is 0.174. The number of aliphatic hydroxyl groups excluding tert-OH is 1. The molecular weight excluding hydrogens is 206 g/mol. The number of aromatic nitrogens is 1. The monoisotopic (exact) mass is 219 g/mol. The number of pyridine rings is 1. The van der Waals surface area contributed by atoms with Gasteiger partial charge in [0.15, 0.2) is 0 Å². The Morgan fingerprint density at radius 2 is 2.27 bits per heavy atom. The van der Waals surface area contributed by atoms with Crippen LogP contribution in [-0.4, -0.2) is 10.1 Å². The summed E-state index contributed by atoms with van der Waals surface area (Å²) in [7, 11) is 0. The summed E-state index contributed by atoms with van der Waals surface area (Å²) < 4.78 is 0. The van der Waals surface area contributed by atoms with Crippen molar-refractivity contribution >= 4 is 11.3 Å². The molecule has 0 saturated carbocycles. The maximum atomic E-state index is 10.0. The van der Waals surface area contributed by atoms with Crippen molar-refractivity contribution in [2.75, 3.05) is 0 Å². The lowest BCUT2D eigenvalue weighted by Gasteiger charge is -2.10. The van der Waals surface area contributed by atoms with Crippen LogP contribution in [0.5, 0.6) is 0 Å². The molecule has 78 valence electrons. The second-order valence-electron chi connectivity index (χ2n) is 3.50. The van der Waals surface area contributed by atoms with E-state index < -0.39 is 6.10 Å². The van der Waals surface area contributed by atoms with Crippen molar-refractivity contribution in [1.82, 2.24) is 4.98 Å². The van der Waals surface area contributed by atoms with E-state index in [1.54, 1.807) is 17.5 Å². The first kappa shape index (κ1) is 10.3. The van der Waals surface area contributed by atoms with Gasteiger partial charge in [-0.2, -0.15) is 0 Å². The maximum Gasteiger partial charge on any atom is 0.101 e. The number of thiophene rings is 1. The molecule has 2 aromatic rings. The van der Waals surface area contributed by atoms with Gasteiger partial charge in [0.25, 0.3) is 0 Å². The standard InChI is InChI=1S/C12H13NOS/c1-9-4-2-6-13-12(9)11(14)8-10-5-3-7-15-10/h2-7,11,14H,8H2,1H3. The van der Waals surface area contributed by atoms with E-state index in [4.69, 9.17) is 0 Å². The van der Waals surface area contributed by atoms with Gasteiger partial charge in [-0.25, -0.2) is 0 Å². The number of aryl methyl sites for hydroxylation is 1. The van der Waals surface area contributed by atoms with E-state index in [2.05, 4.69) is 4.98 Å². The van der Waals surface area contributed by atoms with Crippen molar-refractivity contribution in [1.29, 1.82) is 0 Å². The Morgan fingerprint density at radius 1 is 1.40 bits per heavy atom. The molecule has 2 heterocycles. The largest absolute Gasteiger partial charge is 0.386 e. The van der Waals surface area contributed by atoms with Gasteiger partial charge >= 0.3 is 0 Å². The Bertz CT molecular complexity index is 425. The van der Waals surface area contributed by atoms with Crippen LogP contribution in [0.3, 0.4) is 0 Å². The molecule has 2 aromatic heterocycles. The van der Waals surface area contributed by atoms with E-state index in [0.29, 0.717) is 6.42 Å². The summed E-state index contributed by atoms with van der Waals surface area (Å²) in [6.45, 7) is 1.97. The molecule has 0 amide bonds. The van der Waals surface area contributed by atoms with Crippen LogP contribution in [0.2, 0.25) is 0 Å². The van der Waals surface area contributed by atoms with Gasteiger partial charge in [-0.1, -0.05) is 12.1 Å². The Kier molecular flexibility index (Phi) is 3.14. The van der Waals surface area contributed by atoms with E-state index in [-0.39, 0.29) is 0 Å². The molecular formula is C12H13NOS. The van der Waals surface area contributed by atoms with Gasteiger partial charge in [0.2, 0.25) is 0 Å². The van der Waals surface area contributed by atoms with Gasteiger partial charge in [0, 0.05) is 17.5 Å². The number of nitrogens with zero attached hydrogens (tertiary/aromatic N) is 1. The van der Waals surface area contributed by atoms with E-state index in [1.165, 1.54) is 4.88 Å². The molecule has 2 nitrogen and oxygen atoms in total. The van der Waals surface area contributed by atoms with Crippen molar-refractivity contribution in [3.8, 4) is 0 Å². The summed E-state index contributed by atoms with van der Waals surface area (Å²) in [5.41, 5.74) is 1.83. The van der Waals surface area contributed by atoms with E-state index in [1.807, 2.05) is 36.6 Å². The first-order valence-corrected chi connectivity index (χ1v) is 5.77. The fourth-order valence-corrected chi connectivity index (χ4v) is 2.31. The average Bonchev–Trinajstić information content (AvgIpc) is 2.71. The molecule has 0 aliphatic carbocycles. The fraction of sp³-hybridized carbons (Fsp3) is 0.250. The highest BCUT2D eigenvalue weighted by atomic mass is 32.1. The Balaban J connectivity index is 2.15. The second-order valence-corrected chi connectivity index (χ2v) is 4.54. The minimum atomic E-state index is -0.496. The number of rotatable bonds is 3. The molecule has 0 aliphatic heterocycles. The minimum absolute atomic E-state index is 0.496. The molecule has 0 saturated heterocycles. The highest BCUT2D eigenvalue weighted by Gasteiger charge is 2.12. The predicted octanol–water partition coefficient (Wildman–Crippen LogP) is 2.73. The van der Waals surface area contributed by atoms with Gasteiger partial charge < -0.3 is 5.11 Å². The van der Waals surface area contributed by atoms with E-state index in [9.17, 15) is 5.11 Å². The first-order chi connectivity index (χ1) is 7.27. The van der Waals surface area contributed by atoms with Crippen LogP contribution >= 0.6 is 11.3 Å². The van der Waals surface area contributed by atoms with Gasteiger partial charge in [-0.3, -0.25) is 4.98 Å². The Hall–Kier alpha value is -1.19. The normalized spacial score (nSPS) is 12.7. The van der Waals surface area contributed by atoms with E-state index >= 15 is 0 Å². The summed E-state index contributed by atoms with van der Waals surface area (Å²) in [4.78, 5) is 5.40. The molecule has 0 radical (unpaired) electrons. The zero-order valence-corrected chi connectivity index (χ0v) is 9.37. The Morgan fingerprint density at radius 3 is 2.93 bits per heavy atom. The lowest BCUT2D eigenvalue weighted by atomic mass is 10.1. The zero-order chi connectivity index (χ0) is 10.7. The van der Waals surface area contributed by atoms with Crippen LogP contribution < -0.4 is 0 Å². The molecule has 3 heteroatoms. The highest BCUT2D eigenvalue weighted by Crippen LogP contribution is 2.21. The molecule has 0 aromatic carbocycles. The van der Waals surface area contributed by atoms with Gasteiger partial charge in [-0.15, -0.1) is 11.3 Å². The molecule has 1 unspecified atom stereocenters. The third kappa shape index (κ3) is 2.43. The molecule has 0 fully saturated rings. The third-order valence-corrected chi connectivity index (χ3v) is 3.24. The van der Waals surface area contributed by atoms with Crippen LogP contribution in [0.25, 0.3) is 0 Å². The van der Waals surface area contributed by atoms with Gasteiger partial charge in [0.05, 0.1) is 5.69 Å². The molecule has 2 rings (SSSR count). The van der Waals surface area contributed by atoms with Gasteiger partial charge in [0.1, 0.15) is 6.10 Å². The number of hydrogen-bond donors (Lipinski definition) is 1. The molecule has 1 N–H and O–H groups in total. The van der Waals surface area contributed by atoms with Gasteiger partial charge in [-0.05, 0) is 30.0 Å². The van der Waals surface area contributed by atoms with Crippen molar-refractivity contribution in [3.63, 3.8) is 0 Å². The van der Waals surface area contributed by atoms with Crippen LogP contribution in [0.4, 0.5) is 0 Å². The van der Waals surface area contributed by atoms with Crippen LogP contribution in [0, 0.1) is 6.92 Å². The van der Waals surface area contributed by atoms with Crippen molar-refractivity contribution < 1.29 is 5.11 Å². The highest BCUT2D eigenvalue weighted by molar-refractivity contribution is 7.09. The van der Waals surface area contributed by atoms with Crippen LogP contribution in [0.1, 0.15) is 22.2 Å². The smallest absolute Gasteiger partial charge is 0.101 e. The van der Waals surface area contributed by atoms with Crippen LogP contribution in [-0.2, 0) is 6.42 Å². The zero-order valence-electron chi connectivity index (χ0n) is 8.55. The molecule has 0 bridgehead atoms. The summed E-state index contributed by atoms with van der Waals surface area (Å²) in [5, 5.41) is 12.0. The first-order valence-electron chi connectivity index (χ1n) is 4.89. The predicted molar refractivity (Wildman–Crippen MR) is 62.0 cm³/mol. The third-order valence-electron chi connectivity index (χ3n) is 2.34. The van der Waals surface area contributed by atoms with E-state index in [0.717, 1.165) is 11.3 Å². The van der Waals surface area contributed by atoms with Crippen molar-refractivity contribution in [2.24, 2.45) is 0 Å². The topological polar surface area (TPSA) is 33.1 Å². The summed E-state index contributed by atoms with van der Waals surface area (Å²) in [6, 6.07) is 7.89. The van der Waals surface area contributed by atoms with Crippen LogP contribution in [0.15, 0.2) is 35.8 Å². The molecule has 1 atom stereocenters. The number of hydrogen-bond acceptors (Lipinski definition) is 3. The lowest BCUT2D eigenvalue weighted by Crippen LogP contribution is -2.05. The maximum absolute atomic E-state index is 10.0.